The van der Waals surface area contributed by atoms with Crippen LogP contribution < -0.4 is 4.90 Å². The number of aromatic amines is 1. The first-order chi connectivity index (χ1) is 12.2. The fraction of sp³-hybridized carbons (Fsp3) is 0.350. The van der Waals surface area contributed by atoms with Crippen LogP contribution in [0.4, 0.5) is 5.82 Å². The van der Waals surface area contributed by atoms with Crippen molar-refractivity contribution in [2.75, 3.05) is 18.0 Å². The summed E-state index contributed by atoms with van der Waals surface area (Å²) in [4.78, 5) is 2.33. The van der Waals surface area contributed by atoms with Gasteiger partial charge in [-0.25, -0.2) is 0 Å². The molecule has 5 nitrogen and oxygen atoms in total. The molecule has 1 N–H and O–H groups in total. The molecule has 3 heterocycles. The van der Waals surface area contributed by atoms with Gasteiger partial charge < -0.3 is 4.90 Å². The molecular formula is C20H23N5. The maximum Gasteiger partial charge on any atom is 0.151 e. The van der Waals surface area contributed by atoms with E-state index in [1.807, 2.05) is 19.2 Å². The minimum absolute atomic E-state index is 0.427. The average molecular weight is 333 g/mol. The molecule has 0 radical (unpaired) electrons. The summed E-state index contributed by atoms with van der Waals surface area (Å²) in [6, 6.07) is 12.8. The molecule has 2 aromatic heterocycles. The highest BCUT2D eigenvalue weighted by molar-refractivity contribution is 5.66. The fourth-order valence-corrected chi connectivity index (χ4v) is 3.55. The van der Waals surface area contributed by atoms with Gasteiger partial charge in [0, 0.05) is 30.3 Å². The van der Waals surface area contributed by atoms with E-state index in [9.17, 15) is 0 Å². The first-order valence-corrected chi connectivity index (χ1v) is 8.86. The second kappa shape index (κ2) is 6.67. The third kappa shape index (κ3) is 3.27. The zero-order valence-corrected chi connectivity index (χ0v) is 14.7. The Bertz CT molecular complexity index is 835. The molecule has 25 heavy (non-hydrogen) atoms. The first-order valence-electron chi connectivity index (χ1n) is 8.86. The number of rotatable bonds is 3. The second-order valence-electron chi connectivity index (χ2n) is 6.88. The molecule has 0 aliphatic carbocycles. The van der Waals surface area contributed by atoms with Gasteiger partial charge in [0.05, 0.1) is 11.9 Å². The molecule has 4 rings (SSSR count). The first kappa shape index (κ1) is 15.8. The summed E-state index contributed by atoms with van der Waals surface area (Å²) < 4.78 is 0. The van der Waals surface area contributed by atoms with Crippen molar-refractivity contribution in [2.24, 2.45) is 0 Å². The van der Waals surface area contributed by atoms with Crippen LogP contribution in [-0.2, 0) is 0 Å². The lowest BCUT2D eigenvalue weighted by Crippen LogP contribution is -2.35. The molecule has 1 aromatic carbocycles. The Morgan fingerprint density at radius 1 is 1.04 bits per heavy atom. The van der Waals surface area contributed by atoms with E-state index in [1.54, 1.807) is 0 Å². The van der Waals surface area contributed by atoms with Crippen molar-refractivity contribution in [2.45, 2.75) is 32.6 Å². The SMILES string of the molecule is Cc1ccc(-c2cn[nH]c2C2CCCN(c3ccc(C)nn3)C2)cc1. The number of benzene rings is 1. The summed E-state index contributed by atoms with van der Waals surface area (Å²) in [5.41, 5.74) is 5.89. The lowest BCUT2D eigenvalue weighted by Gasteiger charge is -2.33. The summed E-state index contributed by atoms with van der Waals surface area (Å²) in [6.45, 7) is 6.05. The highest BCUT2D eigenvalue weighted by atomic mass is 15.3. The number of hydrogen-bond donors (Lipinski definition) is 1. The lowest BCUT2D eigenvalue weighted by molar-refractivity contribution is 0.497. The fourth-order valence-electron chi connectivity index (χ4n) is 3.55. The Kier molecular flexibility index (Phi) is 4.22. The van der Waals surface area contributed by atoms with E-state index in [-0.39, 0.29) is 0 Å². The Morgan fingerprint density at radius 2 is 1.88 bits per heavy atom. The molecule has 0 spiro atoms. The number of aryl methyl sites for hydroxylation is 2. The van der Waals surface area contributed by atoms with Gasteiger partial charge in [-0.1, -0.05) is 29.8 Å². The molecule has 1 saturated heterocycles. The van der Waals surface area contributed by atoms with Gasteiger partial charge in [0.15, 0.2) is 5.82 Å². The van der Waals surface area contributed by atoms with Gasteiger partial charge in [0.25, 0.3) is 0 Å². The molecule has 0 amide bonds. The Hall–Kier alpha value is -2.69. The standard InChI is InChI=1S/C20H23N5/c1-14-5-8-16(9-6-14)18-12-21-24-20(18)17-4-3-11-25(13-17)19-10-7-15(2)22-23-19/h5-10,12,17H,3-4,11,13H2,1-2H3,(H,21,24). The van der Waals surface area contributed by atoms with Crippen molar-refractivity contribution in [3.8, 4) is 11.1 Å². The summed E-state index contributed by atoms with van der Waals surface area (Å²) in [5.74, 6) is 1.39. The molecule has 0 saturated carbocycles. The zero-order valence-electron chi connectivity index (χ0n) is 14.7. The minimum Gasteiger partial charge on any atom is -0.354 e. The highest BCUT2D eigenvalue weighted by Crippen LogP contribution is 2.34. The van der Waals surface area contributed by atoms with Crippen molar-refractivity contribution in [3.05, 3.63) is 59.5 Å². The third-order valence-electron chi connectivity index (χ3n) is 4.97. The molecule has 0 bridgehead atoms. The average Bonchev–Trinajstić information content (AvgIpc) is 3.13. The molecule has 1 aliphatic heterocycles. The summed E-state index contributed by atoms with van der Waals surface area (Å²) in [7, 11) is 0. The number of nitrogens with zero attached hydrogens (tertiary/aromatic N) is 4. The van der Waals surface area contributed by atoms with Crippen LogP contribution >= 0.6 is 0 Å². The maximum atomic E-state index is 4.36. The van der Waals surface area contributed by atoms with E-state index in [1.165, 1.54) is 22.4 Å². The smallest absolute Gasteiger partial charge is 0.151 e. The highest BCUT2D eigenvalue weighted by Gasteiger charge is 2.26. The Labute approximate surface area is 148 Å². The third-order valence-corrected chi connectivity index (χ3v) is 4.97. The van der Waals surface area contributed by atoms with Crippen molar-refractivity contribution < 1.29 is 0 Å². The van der Waals surface area contributed by atoms with Crippen LogP contribution in [0.3, 0.4) is 0 Å². The van der Waals surface area contributed by atoms with Crippen LogP contribution in [0.25, 0.3) is 11.1 Å². The molecule has 128 valence electrons. The summed E-state index contributed by atoms with van der Waals surface area (Å²) >= 11 is 0. The Balaban J connectivity index is 1.59. The van der Waals surface area contributed by atoms with Gasteiger partial charge in [-0.05, 0) is 44.4 Å². The van der Waals surface area contributed by atoms with Crippen molar-refractivity contribution in [1.29, 1.82) is 0 Å². The Morgan fingerprint density at radius 3 is 2.64 bits per heavy atom. The summed E-state index contributed by atoms with van der Waals surface area (Å²) in [5, 5.41) is 16.2. The van der Waals surface area contributed by atoms with Crippen molar-refractivity contribution in [1.82, 2.24) is 20.4 Å². The number of nitrogens with one attached hydrogen (secondary N) is 1. The van der Waals surface area contributed by atoms with E-state index in [0.29, 0.717) is 5.92 Å². The number of H-pyrrole nitrogens is 1. The van der Waals surface area contributed by atoms with Crippen LogP contribution in [0.5, 0.6) is 0 Å². The van der Waals surface area contributed by atoms with Crippen LogP contribution in [0.15, 0.2) is 42.6 Å². The van der Waals surface area contributed by atoms with Crippen LogP contribution in [0.1, 0.15) is 35.7 Å². The molecule has 5 heteroatoms. The van der Waals surface area contributed by atoms with Crippen LogP contribution in [0, 0.1) is 13.8 Å². The topological polar surface area (TPSA) is 57.7 Å². The van der Waals surface area contributed by atoms with E-state index < -0.39 is 0 Å². The molecule has 1 aliphatic rings. The van der Waals surface area contributed by atoms with Gasteiger partial charge in [-0.3, -0.25) is 5.10 Å². The number of anilines is 1. The van der Waals surface area contributed by atoms with E-state index >= 15 is 0 Å². The van der Waals surface area contributed by atoms with Crippen LogP contribution in [0.2, 0.25) is 0 Å². The van der Waals surface area contributed by atoms with Crippen LogP contribution in [-0.4, -0.2) is 33.5 Å². The number of hydrogen-bond acceptors (Lipinski definition) is 4. The molecule has 1 fully saturated rings. The quantitative estimate of drug-likeness (QED) is 0.790. The summed E-state index contributed by atoms with van der Waals surface area (Å²) in [6.07, 6.45) is 4.26. The van der Waals surface area contributed by atoms with Crippen molar-refractivity contribution in [3.63, 3.8) is 0 Å². The van der Waals surface area contributed by atoms with Crippen molar-refractivity contribution >= 4 is 5.82 Å². The minimum atomic E-state index is 0.427. The second-order valence-corrected chi connectivity index (χ2v) is 6.88. The predicted octanol–water partition coefficient (Wildman–Crippen LogP) is 3.87. The monoisotopic (exact) mass is 333 g/mol. The molecule has 1 atom stereocenters. The maximum absolute atomic E-state index is 4.36. The predicted molar refractivity (Wildman–Crippen MR) is 99.7 cm³/mol. The lowest BCUT2D eigenvalue weighted by atomic mass is 9.90. The van der Waals surface area contributed by atoms with E-state index in [2.05, 4.69) is 62.6 Å². The normalized spacial score (nSPS) is 17.7. The molecular weight excluding hydrogens is 310 g/mol. The number of aromatic nitrogens is 4. The van der Waals surface area contributed by atoms with Gasteiger partial charge in [0.1, 0.15) is 0 Å². The van der Waals surface area contributed by atoms with Gasteiger partial charge >= 0.3 is 0 Å². The van der Waals surface area contributed by atoms with Gasteiger partial charge in [-0.2, -0.15) is 10.2 Å². The van der Waals surface area contributed by atoms with E-state index in [4.69, 9.17) is 0 Å². The molecule has 1 unspecified atom stereocenters. The molecule has 3 aromatic rings. The zero-order chi connectivity index (χ0) is 17.2. The van der Waals surface area contributed by atoms with Gasteiger partial charge in [0.2, 0.25) is 0 Å². The largest absolute Gasteiger partial charge is 0.354 e. The van der Waals surface area contributed by atoms with Gasteiger partial charge in [-0.15, -0.1) is 5.10 Å². The van der Waals surface area contributed by atoms with E-state index in [0.717, 1.165) is 37.4 Å². The number of piperidine rings is 1.